The van der Waals surface area contributed by atoms with Gasteiger partial charge in [0.1, 0.15) is 18.0 Å². The van der Waals surface area contributed by atoms with Gasteiger partial charge in [-0.05, 0) is 51.0 Å². The van der Waals surface area contributed by atoms with Gasteiger partial charge in [-0.15, -0.1) is 0 Å². The third-order valence-electron chi connectivity index (χ3n) is 3.17. The summed E-state index contributed by atoms with van der Waals surface area (Å²) in [5, 5.41) is 6.66. The fourth-order valence-electron chi connectivity index (χ4n) is 2.15. The molecular weight excluding hydrogens is 316 g/mol. The van der Waals surface area contributed by atoms with Gasteiger partial charge < -0.3 is 10.6 Å². The van der Waals surface area contributed by atoms with E-state index in [9.17, 15) is 0 Å². The van der Waals surface area contributed by atoms with Gasteiger partial charge >= 0.3 is 0 Å². The highest BCUT2D eigenvalue weighted by atomic mass is 79.9. The topological polar surface area (TPSA) is 49.8 Å². The molecule has 0 atom stereocenters. The second kappa shape index (κ2) is 6.22. The molecule has 0 spiro atoms. The smallest absolute Gasteiger partial charge is 0.138 e. The first-order valence-corrected chi connectivity index (χ1v) is 7.41. The van der Waals surface area contributed by atoms with Gasteiger partial charge in [0.2, 0.25) is 0 Å². The molecule has 0 saturated carbocycles. The van der Waals surface area contributed by atoms with Crippen molar-refractivity contribution in [2.45, 2.75) is 27.7 Å². The molecule has 2 N–H and O–H groups in total. The average molecular weight is 335 g/mol. The van der Waals surface area contributed by atoms with Crippen molar-refractivity contribution in [1.29, 1.82) is 0 Å². The standard InChI is InChI=1S/C15H19BrN4/c1-5-17-14-11(4)15(19-8-18-14)20-13-9(2)6-12(16)7-10(13)3/h6-8H,5H2,1-4H3,(H2,17,18,19,20). The van der Waals surface area contributed by atoms with E-state index in [-0.39, 0.29) is 0 Å². The molecule has 4 nitrogen and oxygen atoms in total. The van der Waals surface area contributed by atoms with Crippen LogP contribution in [0.4, 0.5) is 17.3 Å². The van der Waals surface area contributed by atoms with Crippen LogP contribution >= 0.6 is 15.9 Å². The summed E-state index contributed by atoms with van der Waals surface area (Å²) in [6, 6.07) is 4.19. The molecular formula is C15H19BrN4. The highest BCUT2D eigenvalue weighted by Gasteiger charge is 2.10. The normalized spacial score (nSPS) is 10.4. The van der Waals surface area contributed by atoms with E-state index < -0.39 is 0 Å². The maximum absolute atomic E-state index is 4.35. The molecule has 1 aromatic carbocycles. The molecule has 0 bridgehead atoms. The minimum atomic E-state index is 0.837. The van der Waals surface area contributed by atoms with Gasteiger partial charge in [-0.1, -0.05) is 15.9 Å². The fraction of sp³-hybridized carbons (Fsp3) is 0.333. The summed E-state index contributed by atoms with van der Waals surface area (Å²) in [6.45, 7) is 9.08. The highest BCUT2D eigenvalue weighted by Crippen LogP contribution is 2.29. The van der Waals surface area contributed by atoms with E-state index in [0.717, 1.165) is 33.9 Å². The molecule has 5 heteroatoms. The molecule has 0 amide bonds. The molecule has 106 valence electrons. The minimum absolute atomic E-state index is 0.837. The van der Waals surface area contributed by atoms with Gasteiger partial charge in [0.15, 0.2) is 0 Å². The van der Waals surface area contributed by atoms with Crippen LogP contribution in [0.2, 0.25) is 0 Å². The van der Waals surface area contributed by atoms with E-state index >= 15 is 0 Å². The van der Waals surface area contributed by atoms with E-state index in [2.05, 4.69) is 69.4 Å². The summed E-state index contributed by atoms with van der Waals surface area (Å²) in [7, 11) is 0. The molecule has 0 aliphatic rings. The van der Waals surface area contributed by atoms with Crippen molar-refractivity contribution in [2.75, 3.05) is 17.2 Å². The van der Waals surface area contributed by atoms with Gasteiger partial charge in [-0.25, -0.2) is 9.97 Å². The van der Waals surface area contributed by atoms with E-state index in [1.165, 1.54) is 11.1 Å². The number of nitrogens with zero attached hydrogens (tertiary/aromatic N) is 2. The highest BCUT2D eigenvalue weighted by molar-refractivity contribution is 9.10. The number of hydrogen-bond donors (Lipinski definition) is 2. The Balaban J connectivity index is 2.38. The zero-order valence-electron chi connectivity index (χ0n) is 12.2. The zero-order chi connectivity index (χ0) is 14.7. The zero-order valence-corrected chi connectivity index (χ0v) is 13.8. The number of anilines is 3. The lowest BCUT2D eigenvalue weighted by Gasteiger charge is -2.15. The van der Waals surface area contributed by atoms with Gasteiger partial charge in [0.25, 0.3) is 0 Å². The van der Waals surface area contributed by atoms with Gasteiger partial charge in [-0.2, -0.15) is 0 Å². The van der Waals surface area contributed by atoms with Crippen LogP contribution in [0, 0.1) is 20.8 Å². The molecule has 0 saturated heterocycles. The van der Waals surface area contributed by atoms with E-state index in [4.69, 9.17) is 0 Å². The second-order valence-corrected chi connectivity index (χ2v) is 5.68. The number of hydrogen-bond acceptors (Lipinski definition) is 4. The van der Waals surface area contributed by atoms with Crippen molar-refractivity contribution >= 4 is 33.3 Å². The number of rotatable bonds is 4. The minimum Gasteiger partial charge on any atom is -0.370 e. The summed E-state index contributed by atoms with van der Waals surface area (Å²) in [5.74, 6) is 1.71. The summed E-state index contributed by atoms with van der Waals surface area (Å²) in [5.41, 5.74) is 4.48. The van der Waals surface area contributed by atoms with Crippen molar-refractivity contribution in [3.05, 3.63) is 39.6 Å². The Bertz CT molecular complexity index is 602. The molecule has 1 aromatic heterocycles. The molecule has 0 aliphatic heterocycles. The maximum Gasteiger partial charge on any atom is 0.138 e. The maximum atomic E-state index is 4.35. The Morgan fingerprint density at radius 1 is 1.05 bits per heavy atom. The number of aromatic nitrogens is 2. The van der Waals surface area contributed by atoms with Crippen LogP contribution in [0.25, 0.3) is 0 Å². The van der Waals surface area contributed by atoms with E-state index in [1.54, 1.807) is 6.33 Å². The molecule has 0 aliphatic carbocycles. The van der Waals surface area contributed by atoms with E-state index in [1.807, 2.05) is 6.92 Å². The second-order valence-electron chi connectivity index (χ2n) is 4.77. The predicted octanol–water partition coefficient (Wildman–Crippen LogP) is 4.34. The lowest BCUT2D eigenvalue weighted by molar-refractivity contribution is 1.08. The first-order chi connectivity index (χ1) is 9.52. The van der Waals surface area contributed by atoms with Gasteiger partial charge in [0, 0.05) is 22.3 Å². The van der Waals surface area contributed by atoms with Crippen LogP contribution in [0.5, 0.6) is 0 Å². The lowest BCUT2D eigenvalue weighted by atomic mass is 10.1. The molecule has 2 aromatic rings. The molecule has 0 radical (unpaired) electrons. The van der Waals surface area contributed by atoms with Crippen LogP contribution in [-0.4, -0.2) is 16.5 Å². The Labute approximate surface area is 128 Å². The van der Waals surface area contributed by atoms with Crippen LogP contribution in [0.1, 0.15) is 23.6 Å². The fourth-order valence-corrected chi connectivity index (χ4v) is 2.83. The predicted molar refractivity (Wildman–Crippen MR) is 87.8 cm³/mol. The summed E-state index contributed by atoms with van der Waals surface area (Å²) < 4.78 is 1.09. The van der Waals surface area contributed by atoms with Crippen LogP contribution in [0.15, 0.2) is 22.9 Å². The van der Waals surface area contributed by atoms with Crippen molar-refractivity contribution in [1.82, 2.24) is 9.97 Å². The summed E-state index contributed by atoms with van der Waals surface area (Å²) in [6.07, 6.45) is 1.58. The van der Waals surface area contributed by atoms with Crippen molar-refractivity contribution < 1.29 is 0 Å². The quantitative estimate of drug-likeness (QED) is 0.873. The molecule has 0 unspecified atom stereocenters. The monoisotopic (exact) mass is 334 g/mol. The van der Waals surface area contributed by atoms with Crippen molar-refractivity contribution in [3.63, 3.8) is 0 Å². The summed E-state index contributed by atoms with van der Waals surface area (Å²) >= 11 is 3.52. The van der Waals surface area contributed by atoms with Gasteiger partial charge in [0.05, 0.1) is 0 Å². The third-order valence-corrected chi connectivity index (χ3v) is 3.63. The van der Waals surface area contributed by atoms with Crippen LogP contribution < -0.4 is 10.6 Å². The molecule has 1 heterocycles. The molecule has 0 fully saturated rings. The van der Waals surface area contributed by atoms with E-state index in [0.29, 0.717) is 0 Å². The summed E-state index contributed by atoms with van der Waals surface area (Å²) in [4.78, 5) is 8.61. The number of benzene rings is 1. The number of halogens is 1. The van der Waals surface area contributed by atoms with Crippen LogP contribution in [0.3, 0.4) is 0 Å². The average Bonchev–Trinajstić information content (AvgIpc) is 2.38. The Hall–Kier alpha value is -1.62. The first kappa shape index (κ1) is 14.8. The SMILES string of the molecule is CCNc1ncnc(Nc2c(C)cc(Br)cc2C)c1C. The first-order valence-electron chi connectivity index (χ1n) is 6.62. The van der Waals surface area contributed by atoms with Crippen molar-refractivity contribution in [3.8, 4) is 0 Å². The lowest BCUT2D eigenvalue weighted by Crippen LogP contribution is -2.06. The molecule has 2 rings (SSSR count). The third kappa shape index (κ3) is 3.10. The van der Waals surface area contributed by atoms with Gasteiger partial charge in [-0.3, -0.25) is 0 Å². The number of aryl methyl sites for hydroxylation is 2. The Morgan fingerprint density at radius 3 is 2.25 bits per heavy atom. The van der Waals surface area contributed by atoms with Crippen molar-refractivity contribution in [2.24, 2.45) is 0 Å². The Kier molecular flexibility index (Phi) is 4.60. The molecule has 20 heavy (non-hydrogen) atoms. The van der Waals surface area contributed by atoms with Crippen LogP contribution in [-0.2, 0) is 0 Å². The number of nitrogens with one attached hydrogen (secondary N) is 2. The Morgan fingerprint density at radius 2 is 1.65 bits per heavy atom. The largest absolute Gasteiger partial charge is 0.370 e.